The second kappa shape index (κ2) is 7.12. The molecule has 0 heterocycles. The first-order valence-corrected chi connectivity index (χ1v) is 10.6. The van der Waals surface area contributed by atoms with Crippen molar-refractivity contribution in [1.82, 2.24) is 0 Å². The number of aryl methyl sites for hydroxylation is 1. The molecule has 0 atom stereocenters. The monoisotopic (exact) mass is 332 g/mol. The zero-order valence-electron chi connectivity index (χ0n) is 13.8. The van der Waals surface area contributed by atoms with Crippen molar-refractivity contribution in [3.8, 4) is 5.75 Å². The Bertz CT molecular complexity index is 461. The Morgan fingerprint density at radius 1 is 1.19 bits per heavy atom. The first kappa shape index (κ1) is 18.5. The number of ether oxygens (including phenoxy) is 1. The van der Waals surface area contributed by atoms with Gasteiger partial charge in [-0.05, 0) is 42.2 Å². The Labute approximate surface area is 133 Å². The molecule has 0 saturated carbocycles. The predicted octanol–water partition coefficient (Wildman–Crippen LogP) is 5.44. The van der Waals surface area contributed by atoms with Crippen LogP contribution in [0.2, 0.25) is 23.2 Å². The fourth-order valence-corrected chi connectivity index (χ4v) is 2.92. The average Bonchev–Trinajstić information content (AvgIpc) is 2.35. The van der Waals surface area contributed by atoms with Gasteiger partial charge in [-0.25, -0.2) is 4.39 Å². The standard InChI is InChI=1S/C16H26ClFO2Si/c1-7-12-10-13(17)15(14(18)11-12)19-8-9-20-21(5,6)16(2,3)4/h10-11H,7-9H2,1-6H3. The summed E-state index contributed by atoms with van der Waals surface area (Å²) in [4.78, 5) is 0. The first-order chi connectivity index (χ1) is 9.58. The molecule has 0 radical (unpaired) electrons. The second-order valence-corrected chi connectivity index (χ2v) is 11.9. The van der Waals surface area contributed by atoms with Crippen LogP contribution in [-0.4, -0.2) is 21.5 Å². The summed E-state index contributed by atoms with van der Waals surface area (Å²) >= 11 is 6.06. The molecule has 1 rings (SSSR count). The molecule has 2 nitrogen and oxygen atoms in total. The quantitative estimate of drug-likeness (QED) is 0.510. The van der Waals surface area contributed by atoms with Gasteiger partial charge in [0.2, 0.25) is 0 Å². The van der Waals surface area contributed by atoms with Gasteiger partial charge in [-0.3, -0.25) is 0 Å². The number of halogens is 2. The van der Waals surface area contributed by atoms with Gasteiger partial charge in [0.25, 0.3) is 0 Å². The van der Waals surface area contributed by atoms with Crippen molar-refractivity contribution in [2.24, 2.45) is 0 Å². The summed E-state index contributed by atoms with van der Waals surface area (Å²) in [7, 11) is -1.79. The van der Waals surface area contributed by atoms with Crippen LogP contribution in [0.15, 0.2) is 12.1 Å². The minimum absolute atomic E-state index is 0.118. The van der Waals surface area contributed by atoms with E-state index < -0.39 is 14.1 Å². The molecule has 1 aromatic carbocycles. The van der Waals surface area contributed by atoms with Gasteiger partial charge in [-0.15, -0.1) is 0 Å². The highest BCUT2D eigenvalue weighted by molar-refractivity contribution is 6.74. The van der Waals surface area contributed by atoms with Gasteiger partial charge >= 0.3 is 0 Å². The lowest BCUT2D eigenvalue weighted by molar-refractivity contribution is 0.199. The third-order valence-corrected chi connectivity index (χ3v) is 8.88. The molecule has 1 aromatic rings. The predicted molar refractivity (Wildman–Crippen MR) is 89.4 cm³/mol. The van der Waals surface area contributed by atoms with E-state index in [2.05, 4.69) is 33.9 Å². The van der Waals surface area contributed by atoms with E-state index in [1.165, 1.54) is 6.07 Å². The topological polar surface area (TPSA) is 18.5 Å². The van der Waals surface area contributed by atoms with Gasteiger partial charge in [0.05, 0.1) is 11.6 Å². The Morgan fingerprint density at radius 3 is 2.29 bits per heavy atom. The minimum Gasteiger partial charge on any atom is -0.487 e. The fourth-order valence-electron chi connectivity index (χ4n) is 1.61. The van der Waals surface area contributed by atoms with Crippen LogP contribution in [0.1, 0.15) is 33.3 Å². The molecule has 0 fully saturated rings. The largest absolute Gasteiger partial charge is 0.487 e. The molecule has 0 aliphatic carbocycles. The second-order valence-electron chi connectivity index (χ2n) is 6.70. The van der Waals surface area contributed by atoms with E-state index in [9.17, 15) is 4.39 Å². The van der Waals surface area contributed by atoms with Crippen LogP contribution in [-0.2, 0) is 10.8 Å². The molecule has 120 valence electrons. The molecule has 0 spiro atoms. The molecule has 21 heavy (non-hydrogen) atoms. The van der Waals surface area contributed by atoms with Crippen molar-refractivity contribution in [1.29, 1.82) is 0 Å². The lowest BCUT2D eigenvalue weighted by atomic mass is 10.1. The van der Waals surface area contributed by atoms with Crippen molar-refractivity contribution >= 4 is 19.9 Å². The van der Waals surface area contributed by atoms with Crippen molar-refractivity contribution in [2.75, 3.05) is 13.2 Å². The van der Waals surface area contributed by atoms with E-state index in [1.54, 1.807) is 6.07 Å². The molecule has 0 amide bonds. The van der Waals surface area contributed by atoms with E-state index in [1.807, 2.05) is 6.92 Å². The zero-order valence-corrected chi connectivity index (χ0v) is 15.6. The highest BCUT2D eigenvalue weighted by Gasteiger charge is 2.36. The Hall–Kier alpha value is -0.583. The summed E-state index contributed by atoms with van der Waals surface area (Å²) in [6.07, 6.45) is 0.741. The van der Waals surface area contributed by atoms with Gasteiger partial charge in [-0.1, -0.05) is 39.3 Å². The lowest BCUT2D eigenvalue weighted by Gasteiger charge is -2.36. The van der Waals surface area contributed by atoms with Crippen molar-refractivity contribution in [3.63, 3.8) is 0 Å². The summed E-state index contributed by atoms with van der Waals surface area (Å²) in [5, 5.41) is 0.470. The summed E-state index contributed by atoms with van der Waals surface area (Å²) in [5.41, 5.74) is 0.863. The van der Waals surface area contributed by atoms with E-state index in [-0.39, 0.29) is 10.8 Å². The average molecular weight is 333 g/mol. The maximum Gasteiger partial charge on any atom is 0.192 e. The number of hydrogen-bond donors (Lipinski definition) is 0. The molecule has 0 aliphatic rings. The fraction of sp³-hybridized carbons (Fsp3) is 0.625. The van der Waals surface area contributed by atoms with E-state index in [4.69, 9.17) is 20.8 Å². The van der Waals surface area contributed by atoms with Crippen LogP contribution in [0, 0.1) is 5.82 Å². The van der Waals surface area contributed by atoms with Crippen LogP contribution in [0.5, 0.6) is 5.75 Å². The molecule has 0 aromatic heterocycles. The van der Waals surface area contributed by atoms with Crippen LogP contribution in [0.25, 0.3) is 0 Å². The highest BCUT2D eigenvalue weighted by atomic mass is 35.5. The zero-order chi connectivity index (χ0) is 16.3. The molecule has 0 aliphatic heterocycles. The van der Waals surface area contributed by atoms with Gasteiger partial charge in [0, 0.05) is 0 Å². The maximum absolute atomic E-state index is 13.9. The van der Waals surface area contributed by atoms with Gasteiger partial charge < -0.3 is 9.16 Å². The van der Waals surface area contributed by atoms with E-state index >= 15 is 0 Å². The Kier molecular flexibility index (Phi) is 6.26. The summed E-state index contributed by atoms with van der Waals surface area (Å²) < 4.78 is 25.4. The van der Waals surface area contributed by atoms with Crippen LogP contribution < -0.4 is 4.74 Å². The van der Waals surface area contributed by atoms with Crippen LogP contribution >= 0.6 is 11.6 Å². The van der Waals surface area contributed by atoms with Crippen molar-refractivity contribution in [2.45, 2.75) is 52.2 Å². The van der Waals surface area contributed by atoms with E-state index in [0.717, 1.165) is 12.0 Å². The number of benzene rings is 1. The number of hydrogen-bond acceptors (Lipinski definition) is 2. The third-order valence-electron chi connectivity index (χ3n) is 4.07. The third kappa shape index (κ3) is 4.97. The minimum atomic E-state index is -1.79. The summed E-state index contributed by atoms with van der Waals surface area (Å²) in [5.74, 6) is -0.292. The normalized spacial score (nSPS) is 12.6. The van der Waals surface area contributed by atoms with Crippen molar-refractivity contribution in [3.05, 3.63) is 28.5 Å². The summed E-state index contributed by atoms with van der Waals surface area (Å²) in [6, 6.07) is 3.21. The smallest absolute Gasteiger partial charge is 0.192 e. The molecular weight excluding hydrogens is 307 g/mol. The van der Waals surface area contributed by atoms with E-state index in [0.29, 0.717) is 18.2 Å². The summed E-state index contributed by atoms with van der Waals surface area (Å²) in [6.45, 7) is 13.6. The highest BCUT2D eigenvalue weighted by Crippen LogP contribution is 2.36. The van der Waals surface area contributed by atoms with Gasteiger partial charge in [0.1, 0.15) is 6.61 Å². The molecule has 0 saturated heterocycles. The van der Waals surface area contributed by atoms with Gasteiger partial charge in [-0.2, -0.15) is 0 Å². The Balaban J connectivity index is 2.58. The molecule has 5 heteroatoms. The van der Waals surface area contributed by atoms with Crippen LogP contribution in [0.4, 0.5) is 4.39 Å². The van der Waals surface area contributed by atoms with Crippen LogP contribution in [0.3, 0.4) is 0 Å². The molecule has 0 unspecified atom stereocenters. The van der Waals surface area contributed by atoms with Crippen molar-refractivity contribution < 1.29 is 13.6 Å². The first-order valence-electron chi connectivity index (χ1n) is 7.33. The molecule has 0 bridgehead atoms. The molecule has 0 N–H and O–H groups in total. The SMILES string of the molecule is CCc1cc(F)c(OCCO[Si](C)(C)C(C)(C)C)c(Cl)c1. The Morgan fingerprint density at radius 2 is 1.81 bits per heavy atom. The van der Waals surface area contributed by atoms with Gasteiger partial charge in [0.15, 0.2) is 19.9 Å². The lowest BCUT2D eigenvalue weighted by Crippen LogP contribution is -2.41. The number of rotatable bonds is 6. The maximum atomic E-state index is 13.9. The molecular formula is C16H26ClFO2Si.